The summed E-state index contributed by atoms with van der Waals surface area (Å²) in [6, 6.07) is 2.34. The minimum absolute atomic E-state index is 0.0236. The number of nitro benzene ring substituents is 1. The highest BCUT2D eigenvalue weighted by Crippen LogP contribution is 2.32. The van der Waals surface area contributed by atoms with E-state index in [1.165, 1.54) is 6.07 Å². The zero-order valence-electron chi connectivity index (χ0n) is 10.9. The van der Waals surface area contributed by atoms with Gasteiger partial charge in [-0.2, -0.15) is 0 Å². The molecule has 20 heavy (non-hydrogen) atoms. The van der Waals surface area contributed by atoms with Crippen molar-refractivity contribution >= 4 is 34.8 Å². The smallest absolute Gasteiger partial charge is 0.271 e. The highest BCUT2D eigenvalue weighted by molar-refractivity contribution is 6.44. The van der Waals surface area contributed by atoms with Gasteiger partial charge in [-0.15, -0.1) is 0 Å². The van der Waals surface area contributed by atoms with Crippen molar-refractivity contribution in [1.29, 1.82) is 0 Å². The maximum atomic E-state index is 12.4. The van der Waals surface area contributed by atoms with Gasteiger partial charge in [0.05, 0.1) is 20.5 Å². The molecule has 0 N–H and O–H groups in total. The number of hydrogen-bond acceptors (Lipinski definition) is 3. The quantitative estimate of drug-likeness (QED) is 0.629. The first-order chi connectivity index (χ1) is 9.43. The Morgan fingerprint density at radius 3 is 2.75 bits per heavy atom. The normalized spacial score (nSPS) is 18.4. The monoisotopic (exact) mass is 316 g/mol. The van der Waals surface area contributed by atoms with Crippen molar-refractivity contribution in [3.05, 3.63) is 37.9 Å². The lowest BCUT2D eigenvalue weighted by Gasteiger charge is -2.17. The summed E-state index contributed by atoms with van der Waals surface area (Å²) >= 11 is 11.9. The lowest BCUT2D eigenvalue weighted by atomic mass is 10.1. The second-order valence-electron chi connectivity index (χ2n) is 4.86. The number of hydrogen-bond donors (Lipinski definition) is 0. The van der Waals surface area contributed by atoms with E-state index < -0.39 is 4.92 Å². The van der Waals surface area contributed by atoms with E-state index in [0.29, 0.717) is 19.0 Å². The van der Waals surface area contributed by atoms with Crippen LogP contribution in [0.5, 0.6) is 0 Å². The highest BCUT2D eigenvalue weighted by Gasteiger charge is 2.29. The Kier molecular flexibility index (Phi) is 4.50. The van der Waals surface area contributed by atoms with E-state index >= 15 is 0 Å². The molecular formula is C13H14Cl2N2O3. The van der Waals surface area contributed by atoms with Gasteiger partial charge in [0.25, 0.3) is 11.6 Å². The van der Waals surface area contributed by atoms with Crippen molar-refractivity contribution in [1.82, 2.24) is 4.90 Å². The molecule has 0 spiro atoms. The van der Waals surface area contributed by atoms with Crippen LogP contribution in [0.3, 0.4) is 0 Å². The molecule has 7 heteroatoms. The minimum atomic E-state index is -0.585. The van der Waals surface area contributed by atoms with Crippen LogP contribution in [0.25, 0.3) is 0 Å². The number of nitro groups is 1. The number of carbonyl (C=O) groups excluding carboxylic acids is 1. The highest BCUT2D eigenvalue weighted by atomic mass is 35.5. The van der Waals surface area contributed by atoms with E-state index in [4.69, 9.17) is 23.2 Å². The number of likely N-dealkylation sites (tertiary alicyclic amines) is 1. The average Bonchev–Trinajstić information content (AvgIpc) is 2.89. The fourth-order valence-electron chi connectivity index (χ4n) is 2.36. The second-order valence-corrected chi connectivity index (χ2v) is 5.65. The Hall–Kier alpha value is -1.33. The Morgan fingerprint density at radius 1 is 1.50 bits per heavy atom. The lowest BCUT2D eigenvalue weighted by Crippen LogP contribution is -2.29. The predicted molar refractivity (Wildman–Crippen MR) is 77.4 cm³/mol. The van der Waals surface area contributed by atoms with Gasteiger partial charge in [0.15, 0.2) is 0 Å². The second kappa shape index (κ2) is 5.97. The Balaban J connectivity index is 2.32. The number of rotatable bonds is 3. The molecule has 1 fully saturated rings. The van der Waals surface area contributed by atoms with Gasteiger partial charge in [-0.1, -0.05) is 36.5 Å². The zero-order valence-corrected chi connectivity index (χ0v) is 12.4. The minimum Gasteiger partial charge on any atom is -0.338 e. The van der Waals surface area contributed by atoms with E-state index in [9.17, 15) is 14.9 Å². The van der Waals surface area contributed by atoms with Gasteiger partial charge in [0.1, 0.15) is 0 Å². The summed E-state index contributed by atoms with van der Waals surface area (Å²) in [5.41, 5.74) is -0.128. The molecule has 1 aromatic rings. The van der Waals surface area contributed by atoms with Gasteiger partial charge in [0.2, 0.25) is 0 Å². The molecule has 1 aromatic carbocycles. The summed E-state index contributed by atoms with van der Waals surface area (Å²) in [4.78, 5) is 24.3. The first-order valence-corrected chi connectivity index (χ1v) is 7.12. The number of amides is 1. The van der Waals surface area contributed by atoms with Crippen molar-refractivity contribution in [3.8, 4) is 0 Å². The third-order valence-corrected chi connectivity index (χ3v) is 4.41. The number of carbonyl (C=O) groups is 1. The maximum absolute atomic E-state index is 12.4. The molecule has 108 valence electrons. The fourth-order valence-corrected chi connectivity index (χ4v) is 2.76. The van der Waals surface area contributed by atoms with Crippen molar-refractivity contribution in [2.24, 2.45) is 5.92 Å². The van der Waals surface area contributed by atoms with E-state index in [1.54, 1.807) is 4.90 Å². The average molecular weight is 317 g/mol. The zero-order chi connectivity index (χ0) is 14.9. The van der Waals surface area contributed by atoms with E-state index in [-0.39, 0.29) is 27.2 Å². The Bertz CT molecular complexity index is 563. The van der Waals surface area contributed by atoms with Crippen LogP contribution in [0, 0.1) is 16.0 Å². The topological polar surface area (TPSA) is 63.5 Å². The van der Waals surface area contributed by atoms with Gasteiger partial charge in [-0.3, -0.25) is 14.9 Å². The summed E-state index contributed by atoms with van der Waals surface area (Å²) in [6.45, 7) is 3.38. The molecule has 5 nitrogen and oxygen atoms in total. The van der Waals surface area contributed by atoms with Crippen LogP contribution in [0.2, 0.25) is 10.0 Å². The van der Waals surface area contributed by atoms with Crippen molar-refractivity contribution in [2.75, 3.05) is 13.1 Å². The molecule has 1 amide bonds. The summed E-state index contributed by atoms with van der Waals surface area (Å²) in [5.74, 6) is 0.184. The van der Waals surface area contributed by atoms with Crippen molar-refractivity contribution in [3.63, 3.8) is 0 Å². The Labute approximate surface area is 126 Å². The molecule has 1 aliphatic heterocycles. The molecular weight excluding hydrogens is 303 g/mol. The summed E-state index contributed by atoms with van der Waals surface area (Å²) < 4.78 is 0. The lowest BCUT2D eigenvalue weighted by molar-refractivity contribution is -0.384. The first kappa shape index (κ1) is 15.1. The number of halogens is 2. The fraction of sp³-hybridized carbons (Fsp3) is 0.462. The molecule has 0 saturated carbocycles. The SMILES string of the molecule is CCC1CCN(C(=O)c2cc([N+](=O)[O-])cc(Cl)c2Cl)C1. The van der Waals surface area contributed by atoms with Gasteiger partial charge >= 0.3 is 0 Å². The van der Waals surface area contributed by atoms with Gasteiger partial charge in [-0.25, -0.2) is 0 Å². The first-order valence-electron chi connectivity index (χ1n) is 6.36. The molecule has 0 aliphatic carbocycles. The Morgan fingerprint density at radius 2 is 2.20 bits per heavy atom. The summed E-state index contributed by atoms with van der Waals surface area (Å²) in [6.07, 6.45) is 1.95. The van der Waals surface area contributed by atoms with E-state index in [1.807, 2.05) is 0 Å². The third-order valence-electron chi connectivity index (χ3n) is 3.60. The van der Waals surface area contributed by atoms with Crippen LogP contribution in [-0.2, 0) is 0 Å². The third kappa shape index (κ3) is 2.88. The van der Waals surface area contributed by atoms with Crippen LogP contribution in [0.1, 0.15) is 30.1 Å². The van der Waals surface area contributed by atoms with Crippen LogP contribution >= 0.6 is 23.2 Å². The number of benzene rings is 1. The molecule has 0 bridgehead atoms. The molecule has 1 heterocycles. The maximum Gasteiger partial charge on any atom is 0.271 e. The van der Waals surface area contributed by atoms with Crippen molar-refractivity contribution in [2.45, 2.75) is 19.8 Å². The van der Waals surface area contributed by atoms with E-state index in [0.717, 1.165) is 18.9 Å². The number of nitrogens with zero attached hydrogens (tertiary/aromatic N) is 2. The molecule has 0 radical (unpaired) electrons. The molecule has 0 aromatic heterocycles. The summed E-state index contributed by atoms with van der Waals surface area (Å²) in [7, 11) is 0. The standard InChI is InChI=1S/C13H14Cl2N2O3/c1-2-8-3-4-16(7-8)13(18)10-5-9(17(19)20)6-11(14)12(10)15/h5-6,8H,2-4,7H2,1H3. The summed E-state index contributed by atoms with van der Waals surface area (Å²) in [5, 5.41) is 10.9. The van der Waals surface area contributed by atoms with Crippen LogP contribution in [0.15, 0.2) is 12.1 Å². The van der Waals surface area contributed by atoms with Gasteiger partial charge < -0.3 is 4.90 Å². The molecule has 1 unspecified atom stereocenters. The van der Waals surface area contributed by atoms with Gasteiger partial charge in [-0.05, 0) is 12.3 Å². The molecule has 1 saturated heterocycles. The predicted octanol–water partition coefficient (Wildman–Crippen LogP) is 3.77. The van der Waals surface area contributed by atoms with Crippen LogP contribution < -0.4 is 0 Å². The van der Waals surface area contributed by atoms with Crippen LogP contribution in [-0.4, -0.2) is 28.8 Å². The van der Waals surface area contributed by atoms with Crippen molar-refractivity contribution < 1.29 is 9.72 Å². The molecule has 1 aliphatic rings. The van der Waals surface area contributed by atoms with Crippen LogP contribution in [0.4, 0.5) is 5.69 Å². The molecule has 2 rings (SSSR count). The largest absolute Gasteiger partial charge is 0.338 e. The number of non-ortho nitro benzene ring substituents is 1. The van der Waals surface area contributed by atoms with E-state index in [2.05, 4.69) is 6.92 Å². The molecule has 1 atom stereocenters. The van der Waals surface area contributed by atoms with Gasteiger partial charge in [0, 0.05) is 25.2 Å².